The van der Waals surface area contributed by atoms with Crippen molar-refractivity contribution in [2.45, 2.75) is 26.4 Å². The maximum Gasteiger partial charge on any atom is 0.416 e. The Morgan fingerprint density at radius 3 is 2.36 bits per heavy atom. The predicted octanol–water partition coefficient (Wildman–Crippen LogP) is 4.37. The smallest absolute Gasteiger partial charge is 0.354 e. The van der Waals surface area contributed by atoms with Crippen LogP contribution in [0, 0.1) is 6.92 Å². The molecule has 0 saturated heterocycles. The van der Waals surface area contributed by atoms with Crippen LogP contribution >= 0.6 is 0 Å². The van der Waals surface area contributed by atoms with E-state index in [-0.39, 0.29) is 0 Å². The van der Waals surface area contributed by atoms with Crippen LogP contribution in [-0.4, -0.2) is 16.5 Å². The van der Waals surface area contributed by atoms with Crippen LogP contribution in [0.4, 0.5) is 30.6 Å². The molecular weight excluding hydrogens is 293 g/mol. The highest BCUT2D eigenvalue weighted by Crippen LogP contribution is 2.30. The topological polar surface area (TPSA) is 49.8 Å². The summed E-state index contributed by atoms with van der Waals surface area (Å²) in [6, 6.07) is 6.55. The number of rotatable bonds is 5. The van der Waals surface area contributed by atoms with Crippen molar-refractivity contribution in [3.8, 4) is 0 Å². The Hall–Kier alpha value is -2.31. The highest BCUT2D eigenvalue weighted by atomic mass is 19.4. The van der Waals surface area contributed by atoms with Gasteiger partial charge in [-0.25, -0.2) is 4.98 Å². The van der Waals surface area contributed by atoms with Gasteiger partial charge >= 0.3 is 6.18 Å². The number of halogens is 3. The first kappa shape index (κ1) is 16.1. The number of nitrogens with one attached hydrogen (secondary N) is 2. The third-order valence-electron chi connectivity index (χ3n) is 2.87. The Labute approximate surface area is 126 Å². The highest BCUT2D eigenvalue weighted by Gasteiger charge is 2.29. The van der Waals surface area contributed by atoms with Crippen molar-refractivity contribution in [2.24, 2.45) is 0 Å². The van der Waals surface area contributed by atoms with Crippen LogP contribution < -0.4 is 10.6 Å². The predicted molar refractivity (Wildman–Crippen MR) is 80.3 cm³/mol. The van der Waals surface area contributed by atoms with Crippen molar-refractivity contribution in [2.75, 3.05) is 17.2 Å². The number of nitrogens with zero attached hydrogens (tertiary/aromatic N) is 2. The van der Waals surface area contributed by atoms with E-state index in [0.717, 1.165) is 30.8 Å². The summed E-state index contributed by atoms with van der Waals surface area (Å²) >= 11 is 0. The van der Waals surface area contributed by atoms with E-state index in [4.69, 9.17) is 0 Å². The highest BCUT2D eigenvalue weighted by molar-refractivity contribution is 5.58. The summed E-state index contributed by atoms with van der Waals surface area (Å²) in [5.41, 5.74) is 0.623. The van der Waals surface area contributed by atoms with Gasteiger partial charge in [0.05, 0.1) is 5.56 Å². The molecule has 2 aromatic rings. The maximum atomic E-state index is 12.5. The zero-order valence-corrected chi connectivity index (χ0v) is 12.3. The monoisotopic (exact) mass is 310 g/mol. The van der Waals surface area contributed by atoms with Crippen molar-refractivity contribution in [1.82, 2.24) is 9.97 Å². The molecule has 0 radical (unpaired) electrons. The van der Waals surface area contributed by atoms with Crippen LogP contribution in [0.2, 0.25) is 0 Å². The molecule has 1 heterocycles. The van der Waals surface area contributed by atoms with Crippen molar-refractivity contribution >= 4 is 17.5 Å². The van der Waals surface area contributed by atoms with E-state index >= 15 is 0 Å². The molecule has 0 amide bonds. The normalized spacial score (nSPS) is 11.3. The Kier molecular flexibility index (Phi) is 4.85. The van der Waals surface area contributed by atoms with Crippen LogP contribution in [0.1, 0.15) is 24.6 Å². The summed E-state index contributed by atoms with van der Waals surface area (Å²) in [6.07, 6.45) is -3.39. The lowest BCUT2D eigenvalue weighted by Crippen LogP contribution is -2.07. The first-order chi connectivity index (χ1) is 10.4. The van der Waals surface area contributed by atoms with E-state index in [0.29, 0.717) is 17.5 Å². The Bertz CT molecular complexity index is 624. The first-order valence-electron chi connectivity index (χ1n) is 6.92. The van der Waals surface area contributed by atoms with Crippen LogP contribution in [0.15, 0.2) is 30.3 Å². The molecule has 1 aromatic carbocycles. The third kappa shape index (κ3) is 4.34. The van der Waals surface area contributed by atoms with Gasteiger partial charge in [0.1, 0.15) is 5.82 Å². The summed E-state index contributed by atoms with van der Waals surface area (Å²) in [7, 11) is 0. The number of anilines is 3. The summed E-state index contributed by atoms with van der Waals surface area (Å²) in [6.45, 7) is 4.62. The molecule has 22 heavy (non-hydrogen) atoms. The average Bonchev–Trinajstić information content (AvgIpc) is 2.44. The minimum Gasteiger partial charge on any atom is -0.354 e. The van der Waals surface area contributed by atoms with Gasteiger partial charge in [-0.15, -0.1) is 0 Å². The maximum absolute atomic E-state index is 12.5. The number of hydrogen-bond acceptors (Lipinski definition) is 4. The molecule has 0 saturated carbocycles. The van der Waals surface area contributed by atoms with Gasteiger partial charge in [-0.3, -0.25) is 0 Å². The molecule has 0 unspecified atom stereocenters. The number of alkyl halides is 3. The minimum atomic E-state index is -4.33. The molecule has 4 nitrogen and oxygen atoms in total. The second kappa shape index (κ2) is 6.64. The fourth-order valence-corrected chi connectivity index (χ4v) is 1.84. The van der Waals surface area contributed by atoms with Gasteiger partial charge in [-0.1, -0.05) is 6.92 Å². The molecule has 118 valence electrons. The summed E-state index contributed by atoms with van der Waals surface area (Å²) in [4.78, 5) is 8.53. The van der Waals surface area contributed by atoms with Crippen molar-refractivity contribution in [3.05, 3.63) is 41.6 Å². The van der Waals surface area contributed by atoms with Crippen molar-refractivity contribution < 1.29 is 13.2 Å². The van der Waals surface area contributed by atoms with Gasteiger partial charge in [0.15, 0.2) is 0 Å². The molecule has 0 aliphatic rings. The fraction of sp³-hybridized carbons (Fsp3) is 0.333. The third-order valence-corrected chi connectivity index (χ3v) is 2.87. The van der Waals surface area contributed by atoms with Crippen LogP contribution in [0.5, 0.6) is 0 Å². The van der Waals surface area contributed by atoms with Gasteiger partial charge < -0.3 is 10.6 Å². The van der Waals surface area contributed by atoms with Crippen LogP contribution in [0.3, 0.4) is 0 Å². The van der Waals surface area contributed by atoms with Gasteiger partial charge in [0.25, 0.3) is 0 Å². The van der Waals surface area contributed by atoms with Gasteiger partial charge in [0, 0.05) is 24.0 Å². The van der Waals surface area contributed by atoms with Gasteiger partial charge in [-0.05, 0) is 37.6 Å². The number of aryl methyl sites for hydroxylation is 1. The molecule has 2 N–H and O–H groups in total. The minimum absolute atomic E-state index is 0.497. The zero-order chi connectivity index (χ0) is 16.2. The van der Waals surface area contributed by atoms with E-state index in [1.807, 2.05) is 13.8 Å². The molecule has 0 spiro atoms. The molecule has 1 aromatic heterocycles. The molecule has 2 rings (SSSR count). The van der Waals surface area contributed by atoms with Gasteiger partial charge in [0.2, 0.25) is 5.95 Å². The Morgan fingerprint density at radius 1 is 1.09 bits per heavy atom. The number of hydrogen-bond donors (Lipinski definition) is 2. The van der Waals surface area contributed by atoms with Crippen LogP contribution in [0.25, 0.3) is 0 Å². The fourth-order valence-electron chi connectivity index (χ4n) is 1.84. The average molecular weight is 310 g/mol. The number of benzene rings is 1. The second-order valence-corrected chi connectivity index (χ2v) is 4.85. The lowest BCUT2D eigenvalue weighted by molar-refractivity contribution is -0.137. The molecule has 0 fully saturated rings. The van der Waals surface area contributed by atoms with Crippen molar-refractivity contribution in [1.29, 1.82) is 0 Å². The summed E-state index contributed by atoms with van der Waals surface area (Å²) in [5.74, 6) is 1.03. The second-order valence-electron chi connectivity index (χ2n) is 4.85. The zero-order valence-electron chi connectivity index (χ0n) is 12.3. The SMILES string of the molecule is CCCNc1nc(C)cc(Nc2ccc(C(F)(F)F)cc2)n1. The standard InChI is InChI=1S/C15H17F3N4/c1-3-8-19-14-20-10(2)9-13(22-14)21-12-6-4-11(5-7-12)15(16,17)18/h4-7,9H,3,8H2,1-2H3,(H2,19,20,21,22). The summed E-state index contributed by atoms with van der Waals surface area (Å²) < 4.78 is 37.6. The summed E-state index contributed by atoms with van der Waals surface area (Å²) in [5, 5.41) is 6.06. The molecule has 0 aliphatic carbocycles. The largest absolute Gasteiger partial charge is 0.416 e. The molecule has 7 heteroatoms. The first-order valence-corrected chi connectivity index (χ1v) is 6.92. The molecule has 0 aliphatic heterocycles. The molecule has 0 bridgehead atoms. The molecule has 0 atom stereocenters. The van der Waals surface area contributed by atoms with E-state index < -0.39 is 11.7 Å². The van der Waals surface area contributed by atoms with E-state index in [1.165, 1.54) is 12.1 Å². The van der Waals surface area contributed by atoms with Crippen molar-refractivity contribution in [3.63, 3.8) is 0 Å². The molecular formula is C15H17F3N4. The van der Waals surface area contributed by atoms with Gasteiger partial charge in [-0.2, -0.15) is 18.2 Å². The Morgan fingerprint density at radius 2 is 1.77 bits per heavy atom. The number of aromatic nitrogens is 2. The van der Waals surface area contributed by atoms with Crippen LogP contribution in [-0.2, 0) is 6.18 Å². The van der Waals surface area contributed by atoms with E-state index in [2.05, 4.69) is 20.6 Å². The quantitative estimate of drug-likeness (QED) is 0.861. The van der Waals surface area contributed by atoms with E-state index in [9.17, 15) is 13.2 Å². The Balaban J connectivity index is 2.14. The van der Waals surface area contributed by atoms with E-state index in [1.54, 1.807) is 6.07 Å². The lowest BCUT2D eigenvalue weighted by atomic mass is 10.2. The lowest BCUT2D eigenvalue weighted by Gasteiger charge is -2.11.